The molecule has 4 nitrogen and oxygen atoms in total. The quantitative estimate of drug-likeness (QED) is 0.214. The maximum atomic E-state index is 12.4. The Bertz CT molecular complexity index is 1030. The van der Waals surface area contributed by atoms with Crippen LogP contribution in [-0.4, -0.2) is 23.2 Å². The van der Waals surface area contributed by atoms with E-state index < -0.39 is 0 Å². The molecule has 3 rings (SSSR count). The topological polar surface area (TPSA) is 58.6 Å². The van der Waals surface area contributed by atoms with Crippen LogP contribution in [0.2, 0.25) is 0 Å². The van der Waals surface area contributed by atoms with E-state index in [9.17, 15) is 9.90 Å². The number of fused-ring (bicyclic) bond motifs is 1. The first kappa shape index (κ1) is 30.1. The van der Waals surface area contributed by atoms with Crippen molar-refractivity contribution in [1.29, 1.82) is 0 Å². The number of hydrogen-bond acceptors (Lipinski definition) is 3. The zero-order chi connectivity index (χ0) is 27.5. The van der Waals surface area contributed by atoms with Crippen molar-refractivity contribution in [2.45, 2.75) is 124 Å². The lowest BCUT2D eigenvalue weighted by Crippen LogP contribution is -2.36. The van der Waals surface area contributed by atoms with Gasteiger partial charge in [0.05, 0.1) is 0 Å². The Morgan fingerprint density at radius 2 is 1.68 bits per heavy atom. The van der Waals surface area contributed by atoms with Crippen molar-refractivity contribution in [3.8, 4) is 11.5 Å². The first-order valence-corrected chi connectivity index (χ1v) is 14.9. The fraction of sp³-hybridized carbons (Fsp3) is 0.618. The van der Waals surface area contributed by atoms with Crippen molar-refractivity contribution in [3.63, 3.8) is 0 Å². The highest BCUT2D eigenvalue weighted by molar-refractivity contribution is 5.92. The molecule has 0 spiro atoms. The van der Waals surface area contributed by atoms with Gasteiger partial charge in [0.25, 0.3) is 0 Å². The molecule has 1 amide bonds. The van der Waals surface area contributed by atoms with E-state index in [-0.39, 0.29) is 11.5 Å². The number of aryl methyl sites for hydroxylation is 2. The van der Waals surface area contributed by atoms with E-state index in [1.54, 1.807) is 6.07 Å². The number of benzene rings is 1. The van der Waals surface area contributed by atoms with Gasteiger partial charge in [0.1, 0.15) is 17.1 Å². The Labute approximate surface area is 231 Å². The Morgan fingerprint density at radius 1 is 1.03 bits per heavy atom. The minimum Gasteiger partial charge on any atom is -0.508 e. The molecule has 38 heavy (non-hydrogen) atoms. The third-order valence-electron chi connectivity index (χ3n) is 8.43. The van der Waals surface area contributed by atoms with Gasteiger partial charge in [0, 0.05) is 12.1 Å². The van der Waals surface area contributed by atoms with Crippen LogP contribution in [0.5, 0.6) is 11.5 Å². The molecule has 1 atom stereocenters. The minimum atomic E-state index is -0.152. The molecule has 1 heterocycles. The van der Waals surface area contributed by atoms with Crippen LogP contribution in [0.1, 0.15) is 116 Å². The molecular weight excluding hydrogens is 470 g/mol. The van der Waals surface area contributed by atoms with E-state index in [1.165, 1.54) is 43.3 Å². The van der Waals surface area contributed by atoms with Gasteiger partial charge in [0.2, 0.25) is 5.91 Å². The number of rotatable bonds is 12. The Balaban J connectivity index is 1.33. The number of hydrogen-bond donors (Lipinski definition) is 2. The van der Waals surface area contributed by atoms with Gasteiger partial charge < -0.3 is 15.2 Å². The molecule has 210 valence electrons. The van der Waals surface area contributed by atoms with Crippen molar-refractivity contribution >= 4 is 5.91 Å². The van der Waals surface area contributed by atoms with E-state index >= 15 is 0 Å². The van der Waals surface area contributed by atoms with Crippen LogP contribution in [0.25, 0.3) is 0 Å². The smallest absolute Gasteiger partial charge is 0.246 e. The number of ether oxygens (including phenoxy) is 1. The lowest BCUT2D eigenvalue weighted by atomic mass is 9.87. The molecule has 1 aromatic carbocycles. The van der Waals surface area contributed by atoms with Gasteiger partial charge in [-0.2, -0.15) is 0 Å². The van der Waals surface area contributed by atoms with Gasteiger partial charge in [-0.25, -0.2) is 0 Å². The van der Waals surface area contributed by atoms with Crippen molar-refractivity contribution in [3.05, 3.63) is 58.2 Å². The zero-order valence-corrected chi connectivity index (χ0v) is 24.6. The molecular formula is C34H51NO3. The van der Waals surface area contributed by atoms with E-state index in [2.05, 4.69) is 44.3 Å². The molecule has 2 aliphatic rings. The molecule has 0 bridgehead atoms. The molecule has 1 aliphatic carbocycles. The summed E-state index contributed by atoms with van der Waals surface area (Å²) in [5.41, 5.74) is 5.66. The molecule has 4 heteroatoms. The summed E-state index contributed by atoms with van der Waals surface area (Å²) in [6.07, 6.45) is 21.3. The van der Waals surface area contributed by atoms with Gasteiger partial charge in [-0.05, 0) is 128 Å². The second-order valence-electron chi connectivity index (χ2n) is 12.1. The average molecular weight is 522 g/mol. The molecule has 1 aromatic rings. The summed E-state index contributed by atoms with van der Waals surface area (Å²) in [5, 5.41) is 13.0. The summed E-state index contributed by atoms with van der Waals surface area (Å²) < 4.78 is 6.43. The predicted molar refractivity (Wildman–Crippen MR) is 159 cm³/mol. The van der Waals surface area contributed by atoms with Gasteiger partial charge in [-0.15, -0.1) is 0 Å². The first-order valence-electron chi connectivity index (χ1n) is 14.9. The fourth-order valence-electron chi connectivity index (χ4n) is 5.78. The highest BCUT2D eigenvalue weighted by Crippen LogP contribution is 2.39. The second-order valence-corrected chi connectivity index (χ2v) is 12.1. The van der Waals surface area contributed by atoms with E-state index in [4.69, 9.17) is 4.74 Å². The van der Waals surface area contributed by atoms with Crippen LogP contribution in [0, 0.1) is 12.8 Å². The zero-order valence-electron chi connectivity index (χ0n) is 24.6. The summed E-state index contributed by atoms with van der Waals surface area (Å²) in [6.45, 7) is 11.4. The van der Waals surface area contributed by atoms with Gasteiger partial charge in [-0.3, -0.25) is 4.79 Å². The van der Waals surface area contributed by atoms with Crippen LogP contribution in [0.15, 0.2) is 47.1 Å². The van der Waals surface area contributed by atoms with E-state index in [1.807, 2.05) is 19.9 Å². The van der Waals surface area contributed by atoms with Crippen LogP contribution in [-0.2, 0) is 11.2 Å². The molecule has 1 aliphatic heterocycles. The summed E-state index contributed by atoms with van der Waals surface area (Å²) in [6, 6.07) is 3.63. The molecule has 0 radical (unpaired) electrons. The van der Waals surface area contributed by atoms with Gasteiger partial charge in [0.15, 0.2) is 0 Å². The molecule has 0 unspecified atom stereocenters. The normalized spacial score (nSPS) is 21.1. The Kier molecular flexibility index (Phi) is 11.6. The Morgan fingerprint density at radius 3 is 2.39 bits per heavy atom. The molecule has 2 N–H and O–H groups in total. The lowest BCUT2D eigenvalue weighted by Gasteiger charge is -2.36. The standard InChI is InChI=1S/C34H51NO3/c1-25(14-10-16-27(3)33(37)35-24-29-17-7-6-8-18-29)12-9-13-26(2)15-11-20-34(5)21-19-30-23-31(36)22-28(4)32(30)38-34/h12,15-16,22-23,29,36H,6-11,13-14,17-21,24H2,1-5H3,(H,35,37)/b25-12+,26-15+,27-16+/t34-/m1/s1. The molecule has 1 fully saturated rings. The van der Waals surface area contributed by atoms with Crippen LogP contribution >= 0.6 is 0 Å². The van der Waals surface area contributed by atoms with Crippen LogP contribution in [0.4, 0.5) is 0 Å². The maximum Gasteiger partial charge on any atom is 0.246 e. The van der Waals surface area contributed by atoms with Crippen LogP contribution in [0.3, 0.4) is 0 Å². The number of phenols is 1. The number of carbonyl (C=O) groups is 1. The summed E-state index contributed by atoms with van der Waals surface area (Å²) in [4.78, 5) is 12.4. The minimum absolute atomic E-state index is 0.101. The van der Waals surface area contributed by atoms with Crippen molar-refractivity contribution < 1.29 is 14.6 Å². The average Bonchev–Trinajstić information content (AvgIpc) is 2.88. The number of carbonyl (C=O) groups excluding carboxylic acids is 1. The number of nitrogens with one attached hydrogen (secondary N) is 1. The summed E-state index contributed by atoms with van der Waals surface area (Å²) in [7, 11) is 0. The van der Waals surface area contributed by atoms with E-state index in [0.29, 0.717) is 11.7 Å². The number of amides is 1. The predicted octanol–water partition coefficient (Wildman–Crippen LogP) is 8.66. The third-order valence-corrected chi connectivity index (χ3v) is 8.43. The number of allylic oxidation sites excluding steroid dienone is 5. The molecule has 1 saturated carbocycles. The van der Waals surface area contributed by atoms with Crippen molar-refractivity contribution in [1.82, 2.24) is 5.32 Å². The second kappa shape index (κ2) is 14.6. The maximum absolute atomic E-state index is 12.4. The third kappa shape index (κ3) is 9.67. The highest BCUT2D eigenvalue weighted by atomic mass is 16.5. The monoisotopic (exact) mass is 521 g/mol. The number of aromatic hydroxyl groups is 1. The van der Waals surface area contributed by atoms with Crippen molar-refractivity contribution in [2.24, 2.45) is 5.92 Å². The summed E-state index contributed by atoms with van der Waals surface area (Å²) >= 11 is 0. The van der Waals surface area contributed by atoms with Gasteiger partial charge >= 0.3 is 0 Å². The fourth-order valence-corrected chi connectivity index (χ4v) is 5.78. The van der Waals surface area contributed by atoms with Gasteiger partial charge in [-0.1, -0.05) is 48.6 Å². The molecule has 0 saturated heterocycles. The van der Waals surface area contributed by atoms with Crippen molar-refractivity contribution in [2.75, 3.05) is 6.54 Å². The molecule has 0 aromatic heterocycles. The highest BCUT2D eigenvalue weighted by Gasteiger charge is 2.32. The Hall–Kier alpha value is -2.49. The summed E-state index contributed by atoms with van der Waals surface area (Å²) in [5.74, 6) is 2.06. The number of phenolic OH excluding ortho intramolecular Hbond substituents is 1. The van der Waals surface area contributed by atoms with Crippen LogP contribution < -0.4 is 10.1 Å². The first-order chi connectivity index (χ1) is 18.1. The largest absolute Gasteiger partial charge is 0.508 e. The SMILES string of the molecule is C/C(=C\CC/C(C)=C/CC[C@]1(C)CCc2cc(O)cc(C)c2O1)CC/C=C(\C)C(=O)NCC1CCCCC1. The van der Waals surface area contributed by atoms with E-state index in [0.717, 1.165) is 80.4 Å². The lowest BCUT2D eigenvalue weighted by molar-refractivity contribution is -0.117.